The van der Waals surface area contributed by atoms with Crippen LogP contribution in [0.1, 0.15) is 11.1 Å². The van der Waals surface area contributed by atoms with Gasteiger partial charge in [-0.2, -0.15) is 0 Å². The van der Waals surface area contributed by atoms with E-state index in [1.165, 1.54) is 50.1 Å². The Morgan fingerprint density at radius 3 is 1.94 bits per heavy atom. The van der Waals surface area contributed by atoms with Crippen LogP contribution < -0.4 is 4.90 Å². The van der Waals surface area contributed by atoms with Gasteiger partial charge in [-0.1, -0.05) is 84.9 Å². The van der Waals surface area contributed by atoms with Crippen LogP contribution in [-0.4, -0.2) is 0 Å². The highest BCUT2D eigenvalue weighted by Crippen LogP contribution is 2.43. The van der Waals surface area contributed by atoms with Crippen LogP contribution >= 0.6 is 0 Å². The number of anilines is 3. The molecular formula is C30H23N. The number of para-hydroxylation sites is 1. The molecule has 0 heterocycles. The highest BCUT2D eigenvalue weighted by Gasteiger charge is 2.22. The Labute approximate surface area is 183 Å². The van der Waals surface area contributed by atoms with Gasteiger partial charge in [0.1, 0.15) is 0 Å². The van der Waals surface area contributed by atoms with E-state index in [2.05, 4.69) is 120 Å². The number of rotatable bonds is 4. The second-order valence-electron chi connectivity index (χ2n) is 8.16. The van der Waals surface area contributed by atoms with Crippen LogP contribution in [0, 0.1) is 0 Å². The Kier molecular flexibility index (Phi) is 4.32. The van der Waals surface area contributed by atoms with E-state index < -0.39 is 0 Å². The van der Waals surface area contributed by atoms with E-state index in [4.69, 9.17) is 0 Å². The maximum absolute atomic E-state index is 2.41. The Bertz CT molecular complexity index is 1350. The Morgan fingerprint density at radius 2 is 1.16 bits per heavy atom. The van der Waals surface area contributed by atoms with Gasteiger partial charge in [0.2, 0.25) is 0 Å². The third-order valence-corrected chi connectivity index (χ3v) is 6.35. The summed E-state index contributed by atoms with van der Waals surface area (Å²) >= 11 is 0. The Hall–Kier alpha value is -3.84. The fourth-order valence-electron chi connectivity index (χ4n) is 4.89. The molecule has 0 radical (unpaired) electrons. The molecule has 1 nitrogen and oxygen atoms in total. The molecule has 1 heteroatoms. The molecule has 0 saturated carbocycles. The zero-order chi connectivity index (χ0) is 20.6. The maximum Gasteiger partial charge on any atom is 0.0500 e. The van der Waals surface area contributed by atoms with E-state index in [0.717, 1.165) is 12.8 Å². The Morgan fingerprint density at radius 1 is 0.484 bits per heavy atom. The van der Waals surface area contributed by atoms with Gasteiger partial charge in [-0.3, -0.25) is 0 Å². The normalized spacial score (nSPS) is 12.3. The van der Waals surface area contributed by atoms with Gasteiger partial charge in [0.25, 0.3) is 0 Å². The van der Waals surface area contributed by atoms with Crippen molar-refractivity contribution in [2.24, 2.45) is 0 Å². The van der Waals surface area contributed by atoms with Gasteiger partial charge >= 0.3 is 0 Å². The van der Waals surface area contributed by atoms with Gasteiger partial charge < -0.3 is 4.90 Å². The van der Waals surface area contributed by atoms with Crippen LogP contribution in [0.2, 0.25) is 0 Å². The second kappa shape index (κ2) is 7.45. The van der Waals surface area contributed by atoms with E-state index in [1.54, 1.807) is 0 Å². The zero-order valence-electron chi connectivity index (χ0n) is 17.3. The van der Waals surface area contributed by atoms with Crippen LogP contribution in [0.15, 0.2) is 115 Å². The summed E-state index contributed by atoms with van der Waals surface area (Å²) < 4.78 is 0. The number of nitrogens with zero attached hydrogens (tertiary/aromatic N) is 1. The maximum atomic E-state index is 2.41. The Balaban J connectivity index is 1.51. The van der Waals surface area contributed by atoms with Crippen LogP contribution in [0.3, 0.4) is 0 Å². The van der Waals surface area contributed by atoms with E-state index in [0.29, 0.717) is 0 Å². The summed E-state index contributed by atoms with van der Waals surface area (Å²) in [4.78, 5) is 2.41. The van der Waals surface area contributed by atoms with E-state index in [1.807, 2.05) is 0 Å². The molecule has 0 unspecified atom stereocenters. The second-order valence-corrected chi connectivity index (χ2v) is 8.16. The first-order chi connectivity index (χ1) is 15.4. The SMILES string of the molecule is c1ccc(-c2ccc(N(c3ccccc3)c3ccc4cccc5c4c3CC5)cc2)cc1. The zero-order valence-corrected chi connectivity index (χ0v) is 17.3. The number of hydrogen-bond donors (Lipinski definition) is 0. The summed E-state index contributed by atoms with van der Waals surface area (Å²) in [6.07, 6.45) is 2.22. The highest BCUT2D eigenvalue weighted by atomic mass is 15.1. The summed E-state index contributed by atoms with van der Waals surface area (Å²) in [6, 6.07) is 41.5. The van der Waals surface area contributed by atoms with Crippen molar-refractivity contribution < 1.29 is 0 Å². The predicted molar refractivity (Wildman–Crippen MR) is 131 cm³/mol. The predicted octanol–water partition coefficient (Wildman–Crippen LogP) is 8.08. The van der Waals surface area contributed by atoms with Gasteiger partial charge in [0, 0.05) is 17.1 Å². The first-order valence-corrected chi connectivity index (χ1v) is 10.9. The van der Waals surface area contributed by atoms with Crippen LogP contribution in [0.5, 0.6) is 0 Å². The summed E-state index contributed by atoms with van der Waals surface area (Å²) in [5.74, 6) is 0. The molecule has 148 valence electrons. The van der Waals surface area contributed by atoms with Gasteiger partial charge in [0.15, 0.2) is 0 Å². The molecule has 5 aromatic carbocycles. The van der Waals surface area contributed by atoms with Crippen molar-refractivity contribution in [3.63, 3.8) is 0 Å². The minimum atomic E-state index is 1.09. The lowest BCUT2D eigenvalue weighted by molar-refractivity contribution is 1.02. The topological polar surface area (TPSA) is 3.24 Å². The lowest BCUT2D eigenvalue weighted by Crippen LogP contribution is -2.11. The molecule has 5 aromatic rings. The molecular weight excluding hydrogens is 374 g/mol. The minimum Gasteiger partial charge on any atom is -0.310 e. The minimum absolute atomic E-state index is 1.09. The monoisotopic (exact) mass is 397 g/mol. The van der Waals surface area contributed by atoms with Gasteiger partial charge in [-0.25, -0.2) is 0 Å². The molecule has 0 saturated heterocycles. The number of aryl methyl sites for hydroxylation is 2. The molecule has 0 spiro atoms. The lowest BCUT2D eigenvalue weighted by atomic mass is 10.0. The molecule has 6 rings (SSSR count). The summed E-state index contributed by atoms with van der Waals surface area (Å²) in [7, 11) is 0. The average Bonchev–Trinajstić information content (AvgIpc) is 3.28. The fourth-order valence-corrected chi connectivity index (χ4v) is 4.89. The van der Waals surface area contributed by atoms with Gasteiger partial charge in [0.05, 0.1) is 0 Å². The highest BCUT2D eigenvalue weighted by molar-refractivity contribution is 5.97. The molecule has 0 amide bonds. The van der Waals surface area contributed by atoms with E-state index in [9.17, 15) is 0 Å². The summed E-state index contributed by atoms with van der Waals surface area (Å²) in [5.41, 5.74) is 9.08. The van der Waals surface area contributed by atoms with Crippen molar-refractivity contribution in [2.45, 2.75) is 12.8 Å². The van der Waals surface area contributed by atoms with Crippen molar-refractivity contribution in [3.8, 4) is 11.1 Å². The van der Waals surface area contributed by atoms with Crippen molar-refractivity contribution in [3.05, 3.63) is 126 Å². The third-order valence-electron chi connectivity index (χ3n) is 6.35. The standard InChI is InChI=1S/C30H23N/c1-3-8-22(9-4-1)23-14-18-27(19-15-23)31(26-12-5-2-6-13-26)29-21-17-25-11-7-10-24-16-20-28(29)30(24)25/h1-15,17-19,21H,16,20H2. The quantitative estimate of drug-likeness (QED) is 0.296. The van der Waals surface area contributed by atoms with Crippen LogP contribution in [-0.2, 0) is 12.8 Å². The smallest absolute Gasteiger partial charge is 0.0500 e. The number of hydrogen-bond acceptors (Lipinski definition) is 1. The van der Waals surface area contributed by atoms with Crippen molar-refractivity contribution in [1.29, 1.82) is 0 Å². The van der Waals surface area contributed by atoms with Crippen molar-refractivity contribution >= 4 is 27.8 Å². The van der Waals surface area contributed by atoms with E-state index >= 15 is 0 Å². The molecule has 0 N–H and O–H groups in total. The first-order valence-electron chi connectivity index (χ1n) is 10.9. The number of benzene rings is 5. The summed E-state index contributed by atoms with van der Waals surface area (Å²) in [6.45, 7) is 0. The van der Waals surface area contributed by atoms with Crippen LogP contribution in [0.4, 0.5) is 17.1 Å². The average molecular weight is 398 g/mol. The lowest BCUT2D eigenvalue weighted by Gasteiger charge is -2.28. The fraction of sp³-hybridized carbons (Fsp3) is 0.0667. The summed E-state index contributed by atoms with van der Waals surface area (Å²) in [5, 5.41) is 2.79. The van der Waals surface area contributed by atoms with Crippen LogP contribution in [0.25, 0.3) is 21.9 Å². The van der Waals surface area contributed by atoms with Gasteiger partial charge in [-0.15, -0.1) is 0 Å². The van der Waals surface area contributed by atoms with Crippen molar-refractivity contribution in [2.75, 3.05) is 4.90 Å². The van der Waals surface area contributed by atoms with Crippen molar-refractivity contribution in [1.82, 2.24) is 0 Å². The largest absolute Gasteiger partial charge is 0.310 e. The molecule has 0 bridgehead atoms. The molecule has 1 aliphatic rings. The first kappa shape index (κ1) is 18.0. The molecule has 0 fully saturated rings. The molecule has 31 heavy (non-hydrogen) atoms. The third kappa shape index (κ3) is 3.10. The van der Waals surface area contributed by atoms with E-state index in [-0.39, 0.29) is 0 Å². The molecule has 0 atom stereocenters. The molecule has 0 aromatic heterocycles. The molecule has 0 aliphatic heterocycles. The molecule has 1 aliphatic carbocycles. The van der Waals surface area contributed by atoms with Gasteiger partial charge in [-0.05, 0) is 76.2 Å².